The lowest BCUT2D eigenvalue weighted by molar-refractivity contribution is 0.0951. The first kappa shape index (κ1) is 17.9. The Kier molecular flexibility index (Phi) is 6.47. The van der Waals surface area contributed by atoms with Crippen molar-refractivity contribution in [3.05, 3.63) is 41.7 Å². The molecule has 1 aliphatic heterocycles. The minimum absolute atomic E-state index is 0.155. The number of rotatable bonds is 7. The van der Waals surface area contributed by atoms with E-state index in [4.69, 9.17) is 0 Å². The van der Waals surface area contributed by atoms with Crippen LogP contribution in [0, 0.1) is 12.8 Å². The van der Waals surface area contributed by atoms with Gasteiger partial charge in [-0.05, 0) is 50.9 Å². The topological polar surface area (TPSA) is 71.8 Å². The molecule has 25 heavy (non-hydrogen) atoms. The number of amides is 1. The first-order chi connectivity index (χ1) is 12.2. The molecule has 0 saturated carbocycles. The monoisotopic (exact) mass is 359 g/mol. The number of nitrogens with zero attached hydrogens (tertiary/aromatic N) is 3. The Morgan fingerprint density at radius 3 is 3.00 bits per heavy atom. The maximum absolute atomic E-state index is 12.2. The van der Waals surface area contributed by atoms with Gasteiger partial charge in [-0.3, -0.25) is 9.48 Å². The molecule has 6 nitrogen and oxygen atoms in total. The number of carbonyl (C=O) groups is 1. The highest BCUT2D eigenvalue weighted by atomic mass is 32.2. The molecule has 2 N–H and O–H groups in total. The van der Waals surface area contributed by atoms with E-state index in [-0.39, 0.29) is 5.91 Å². The van der Waals surface area contributed by atoms with Crippen LogP contribution in [0.5, 0.6) is 0 Å². The van der Waals surface area contributed by atoms with E-state index >= 15 is 0 Å². The Bertz CT molecular complexity index is 679. The average molecular weight is 359 g/mol. The summed E-state index contributed by atoms with van der Waals surface area (Å²) >= 11 is 1.73. The van der Waals surface area contributed by atoms with Crippen LogP contribution in [-0.4, -0.2) is 46.3 Å². The van der Waals surface area contributed by atoms with Crippen LogP contribution >= 0.6 is 11.8 Å². The number of aryl methyl sites for hydroxylation is 1. The molecule has 1 saturated heterocycles. The summed E-state index contributed by atoms with van der Waals surface area (Å²) in [6.07, 6.45) is 4.15. The molecule has 1 fully saturated rings. The highest BCUT2D eigenvalue weighted by Crippen LogP contribution is 2.17. The number of hydrogen-bond donors (Lipinski definition) is 2. The molecule has 0 aliphatic carbocycles. The molecule has 1 aromatic heterocycles. The lowest BCUT2D eigenvalue weighted by atomic mass is 10.00. The Morgan fingerprint density at radius 2 is 2.24 bits per heavy atom. The standard InChI is InChI=1S/C18H25N5OS/c1-14-4-6-16(7-5-14)25-10-9-20-18(24)17-13-23(22-21-17)12-15-3-2-8-19-11-15/h4-7,13,15,19H,2-3,8-12H2,1H3,(H,20,24). The summed E-state index contributed by atoms with van der Waals surface area (Å²) < 4.78 is 1.79. The minimum atomic E-state index is -0.155. The van der Waals surface area contributed by atoms with Crippen LogP contribution in [0.1, 0.15) is 28.9 Å². The zero-order valence-electron chi connectivity index (χ0n) is 14.6. The summed E-state index contributed by atoms with van der Waals surface area (Å²) in [4.78, 5) is 13.4. The van der Waals surface area contributed by atoms with E-state index in [1.165, 1.54) is 23.3 Å². The lowest BCUT2D eigenvalue weighted by Crippen LogP contribution is -2.32. The Hall–Kier alpha value is -1.86. The number of thioether (sulfide) groups is 1. The molecular weight excluding hydrogens is 334 g/mol. The molecule has 0 radical (unpaired) electrons. The van der Waals surface area contributed by atoms with Crippen molar-refractivity contribution < 1.29 is 4.79 Å². The summed E-state index contributed by atoms with van der Waals surface area (Å²) in [5, 5.41) is 14.4. The molecule has 3 rings (SSSR count). The van der Waals surface area contributed by atoms with Crippen LogP contribution in [0.15, 0.2) is 35.4 Å². The predicted molar refractivity (Wildman–Crippen MR) is 99.9 cm³/mol. The second-order valence-electron chi connectivity index (χ2n) is 6.46. The molecule has 0 bridgehead atoms. The fraction of sp³-hybridized carbons (Fsp3) is 0.500. The molecule has 0 spiro atoms. The van der Waals surface area contributed by atoms with Crippen LogP contribution in [0.3, 0.4) is 0 Å². The van der Waals surface area contributed by atoms with Crippen molar-refractivity contribution in [2.24, 2.45) is 5.92 Å². The smallest absolute Gasteiger partial charge is 0.273 e. The molecule has 1 aromatic carbocycles. The van der Waals surface area contributed by atoms with Gasteiger partial charge in [0.2, 0.25) is 0 Å². The molecule has 1 unspecified atom stereocenters. The molecule has 2 aromatic rings. The van der Waals surface area contributed by atoms with Gasteiger partial charge in [-0.1, -0.05) is 22.9 Å². The van der Waals surface area contributed by atoms with Gasteiger partial charge in [-0.25, -0.2) is 0 Å². The predicted octanol–water partition coefficient (Wildman–Crippen LogP) is 2.11. The maximum atomic E-state index is 12.2. The van der Waals surface area contributed by atoms with E-state index in [0.717, 1.165) is 25.4 Å². The highest BCUT2D eigenvalue weighted by molar-refractivity contribution is 7.99. The quantitative estimate of drug-likeness (QED) is 0.585. The molecule has 7 heteroatoms. The summed E-state index contributed by atoms with van der Waals surface area (Å²) in [6, 6.07) is 8.41. The fourth-order valence-corrected chi connectivity index (χ4v) is 3.66. The molecule has 1 aliphatic rings. The van der Waals surface area contributed by atoms with Crippen molar-refractivity contribution in [2.75, 3.05) is 25.4 Å². The Balaban J connectivity index is 1.40. The number of aromatic nitrogens is 3. The maximum Gasteiger partial charge on any atom is 0.273 e. The third kappa shape index (κ3) is 5.57. The molecule has 1 amide bonds. The molecule has 1 atom stereocenters. The van der Waals surface area contributed by atoms with Gasteiger partial charge in [0.25, 0.3) is 5.91 Å². The fourth-order valence-electron chi connectivity index (χ4n) is 2.89. The molecular formula is C18H25N5OS. The van der Waals surface area contributed by atoms with E-state index in [9.17, 15) is 4.79 Å². The van der Waals surface area contributed by atoms with Crippen molar-refractivity contribution in [3.8, 4) is 0 Å². The van der Waals surface area contributed by atoms with Crippen molar-refractivity contribution in [1.82, 2.24) is 25.6 Å². The van der Waals surface area contributed by atoms with Gasteiger partial charge in [0.1, 0.15) is 0 Å². The third-order valence-electron chi connectivity index (χ3n) is 4.29. The first-order valence-corrected chi connectivity index (χ1v) is 9.78. The van der Waals surface area contributed by atoms with E-state index in [1.807, 2.05) is 0 Å². The van der Waals surface area contributed by atoms with Gasteiger partial charge in [0, 0.05) is 23.7 Å². The molecule has 134 valence electrons. The van der Waals surface area contributed by atoms with Gasteiger partial charge in [-0.2, -0.15) is 0 Å². The van der Waals surface area contributed by atoms with Crippen LogP contribution in [-0.2, 0) is 6.54 Å². The second-order valence-corrected chi connectivity index (χ2v) is 7.62. The van der Waals surface area contributed by atoms with Gasteiger partial charge < -0.3 is 10.6 Å². The summed E-state index contributed by atoms with van der Waals surface area (Å²) in [7, 11) is 0. The summed E-state index contributed by atoms with van der Waals surface area (Å²) in [5.41, 5.74) is 1.65. The normalized spacial score (nSPS) is 17.4. The van der Waals surface area contributed by atoms with Crippen molar-refractivity contribution in [2.45, 2.75) is 31.2 Å². The summed E-state index contributed by atoms with van der Waals surface area (Å²) in [6.45, 7) is 5.61. The van der Waals surface area contributed by atoms with Gasteiger partial charge >= 0.3 is 0 Å². The number of benzene rings is 1. The van der Waals surface area contributed by atoms with E-state index in [0.29, 0.717) is 18.2 Å². The third-order valence-corrected chi connectivity index (χ3v) is 5.31. The second kappa shape index (κ2) is 9.01. The largest absolute Gasteiger partial charge is 0.350 e. The van der Waals surface area contributed by atoms with Gasteiger partial charge in [0.15, 0.2) is 5.69 Å². The SMILES string of the molecule is Cc1ccc(SCCNC(=O)c2cn(CC3CCCNC3)nn2)cc1. The van der Waals surface area contributed by atoms with E-state index < -0.39 is 0 Å². The van der Waals surface area contributed by atoms with Crippen LogP contribution in [0.4, 0.5) is 0 Å². The Labute approximate surface area is 152 Å². The summed E-state index contributed by atoms with van der Waals surface area (Å²) in [5.74, 6) is 1.24. The van der Waals surface area contributed by atoms with E-state index in [2.05, 4.69) is 52.1 Å². The molecule has 2 heterocycles. The lowest BCUT2D eigenvalue weighted by Gasteiger charge is -2.22. The van der Waals surface area contributed by atoms with Crippen molar-refractivity contribution >= 4 is 17.7 Å². The zero-order valence-corrected chi connectivity index (χ0v) is 15.4. The zero-order chi connectivity index (χ0) is 17.5. The van der Waals surface area contributed by atoms with Crippen molar-refractivity contribution in [3.63, 3.8) is 0 Å². The van der Waals surface area contributed by atoms with Crippen LogP contribution < -0.4 is 10.6 Å². The van der Waals surface area contributed by atoms with Crippen LogP contribution in [0.25, 0.3) is 0 Å². The number of hydrogen-bond acceptors (Lipinski definition) is 5. The Morgan fingerprint density at radius 1 is 1.40 bits per heavy atom. The average Bonchev–Trinajstić information content (AvgIpc) is 3.09. The highest BCUT2D eigenvalue weighted by Gasteiger charge is 2.16. The number of piperidine rings is 1. The number of nitrogens with one attached hydrogen (secondary N) is 2. The van der Waals surface area contributed by atoms with Crippen LogP contribution in [0.2, 0.25) is 0 Å². The number of carbonyl (C=O) groups excluding carboxylic acids is 1. The first-order valence-electron chi connectivity index (χ1n) is 8.79. The van der Waals surface area contributed by atoms with Crippen molar-refractivity contribution in [1.29, 1.82) is 0 Å². The minimum Gasteiger partial charge on any atom is -0.350 e. The van der Waals surface area contributed by atoms with Gasteiger partial charge in [-0.15, -0.1) is 16.9 Å². The van der Waals surface area contributed by atoms with E-state index in [1.54, 1.807) is 22.6 Å². The van der Waals surface area contributed by atoms with Gasteiger partial charge in [0.05, 0.1) is 6.20 Å².